The zero-order chi connectivity index (χ0) is 31.2. The number of allylic oxidation sites excluding steroid dienone is 1. The van der Waals surface area contributed by atoms with Crippen molar-refractivity contribution < 1.29 is 45.6 Å². The molecule has 0 amide bonds. The Balaban J connectivity index is 1.86. The number of nitrogens with zero attached hydrogens (tertiary/aromatic N) is 1. The lowest BCUT2D eigenvalue weighted by Gasteiger charge is -2.21. The molecule has 42 heavy (non-hydrogen) atoms. The Morgan fingerprint density at radius 2 is 1.98 bits per heavy atom. The second-order valence-corrected chi connectivity index (χ2v) is 12.1. The van der Waals surface area contributed by atoms with E-state index in [0.717, 1.165) is 29.7 Å². The Kier molecular flexibility index (Phi) is 11.3. The van der Waals surface area contributed by atoms with Gasteiger partial charge < -0.3 is 19.0 Å². The number of ketones is 1. The van der Waals surface area contributed by atoms with Crippen LogP contribution in [0.3, 0.4) is 0 Å². The Bertz CT molecular complexity index is 1670. The number of carbonyl (C=O) groups is 2. The number of aromatic hydroxyl groups is 1. The van der Waals surface area contributed by atoms with Gasteiger partial charge in [-0.15, -0.1) is 0 Å². The van der Waals surface area contributed by atoms with Gasteiger partial charge in [0, 0.05) is 24.6 Å². The van der Waals surface area contributed by atoms with Gasteiger partial charge in [-0.25, -0.2) is 14.0 Å². The highest BCUT2D eigenvalue weighted by atomic mass is 35.5. The topological polar surface area (TPSA) is 159 Å². The number of thiazole rings is 1. The summed E-state index contributed by atoms with van der Waals surface area (Å²) in [4.78, 5) is 41.2. The highest BCUT2D eigenvalue weighted by Crippen LogP contribution is 2.42. The molecular weight excluding hydrogens is 640 g/mol. The molecule has 3 rings (SSSR count). The van der Waals surface area contributed by atoms with Crippen molar-refractivity contribution in [1.29, 1.82) is 0 Å². The van der Waals surface area contributed by atoms with Crippen molar-refractivity contribution in [2.45, 2.75) is 32.3 Å². The van der Waals surface area contributed by atoms with Crippen LogP contribution >= 0.6 is 34.5 Å². The SMILES string of the molecule is COC(=O)/C=C/CCCc1cc(O)c(C(=O)C(C)C(OS(C)(=O)=O)c2sc(Oc3ccc(F)c(Cl)c3)nc2Cl)c(=O)o1. The van der Waals surface area contributed by atoms with E-state index in [-0.39, 0.29) is 38.2 Å². The van der Waals surface area contributed by atoms with Crippen molar-refractivity contribution in [2.75, 3.05) is 13.4 Å². The number of aromatic nitrogens is 1. The number of methoxy groups -OCH3 is 1. The lowest BCUT2D eigenvalue weighted by atomic mass is 9.94. The minimum Gasteiger partial charge on any atom is -0.507 e. The molecule has 0 aliphatic heterocycles. The first-order valence-electron chi connectivity index (χ1n) is 12.0. The summed E-state index contributed by atoms with van der Waals surface area (Å²) in [5.74, 6) is -4.06. The summed E-state index contributed by atoms with van der Waals surface area (Å²) >= 11 is 12.8. The van der Waals surface area contributed by atoms with Crippen LogP contribution in [0.25, 0.3) is 0 Å². The van der Waals surface area contributed by atoms with Crippen molar-refractivity contribution >= 4 is 56.4 Å². The first-order valence-corrected chi connectivity index (χ1v) is 15.4. The molecule has 2 aromatic heterocycles. The molecule has 226 valence electrons. The molecule has 1 N–H and O–H groups in total. The smallest absolute Gasteiger partial charge is 0.350 e. The predicted molar refractivity (Wildman–Crippen MR) is 152 cm³/mol. The molecule has 16 heteroatoms. The van der Waals surface area contributed by atoms with Crippen molar-refractivity contribution in [3.05, 3.63) is 79.0 Å². The van der Waals surface area contributed by atoms with E-state index in [0.29, 0.717) is 12.8 Å². The molecule has 0 bridgehead atoms. The van der Waals surface area contributed by atoms with Crippen LogP contribution < -0.4 is 10.4 Å². The lowest BCUT2D eigenvalue weighted by molar-refractivity contribution is -0.134. The normalized spacial score (nSPS) is 13.2. The minimum atomic E-state index is -4.19. The third kappa shape index (κ3) is 8.85. The van der Waals surface area contributed by atoms with E-state index in [1.165, 1.54) is 32.2 Å². The Morgan fingerprint density at radius 3 is 2.60 bits per heavy atom. The summed E-state index contributed by atoms with van der Waals surface area (Å²) in [7, 11) is -2.94. The summed E-state index contributed by atoms with van der Waals surface area (Å²) in [6, 6.07) is 4.64. The summed E-state index contributed by atoms with van der Waals surface area (Å²) in [5.41, 5.74) is -1.85. The summed E-state index contributed by atoms with van der Waals surface area (Å²) < 4.78 is 58.1. The number of esters is 1. The number of aryl methyl sites for hydroxylation is 1. The van der Waals surface area contributed by atoms with E-state index < -0.39 is 56.6 Å². The maximum atomic E-state index is 13.5. The first kappa shape index (κ1) is 33.2. The molecule has 0 radical (unpaired) electrons. The number of benzene rings is 1. The van der Waals surface area contributed by atoms with Crippen LogP contribution in [-0.2, 0) is 30.3 Å². The van der Waals surface area contributed by atoms with Crippen LogP contribution in [0.4, 0.5) is 4.39 Å². The van der Waals surface area contributed by atoms with Gasteiger partial charge in [0.25, 0.3) is 15.3 Å². The highest BCUT2D eigenvalue weighted by Gasteiger charge is 2.36. The number of carbonyl (C=O) groups excluding carboxylic acids is 2. The number of hydrogen-bond donors (Lipinski definition) is 1. The van der Waals surface area contributed by atoms with Crippen LogP contribution in [0.5, 0.6) is 16.7 Å². The van der Waals surface area contributed by atoms with Crippen LogP contribution in [0.1, 0.15) is 46.9 Å². The number of hydrogen-bond acceptors (Lipinski definition) is 12. The predicted octanol–water partition coefficient (Wildman–Crippen LogP) is 5.63. The largest absolute Gasteiger partial charge is 0.507 e. The van der Waals surface area contributed by atoms with Crippen LogP contribution in [0, 0.1) is 11.7 Å². The van der Waals surface area contributed by atoms with E-state index >= 15 is 0 Å². The third-order valence-electron chi connectivity index (χ3n) is 5.57. The van der Waals surface area contributed by atoms with Gasteiger partial charge >= 0.3 is 11.6 Å². The first-order chi connectivity index (χ1) is 19.7. The Hall–Kier alpha value is -3.30. The van der Waals surface area contributed by atoms with Gasteiger partial charge in [-0.3, -0.25) is 8.98 Å². The molecule has 0 spiro atoms. The molecule has 0 saturated heterocycles. The van der Waals surface area contributed by atoms with E-state index in [1.54, 1.807) is 6.08 Å². The molecule has 0 aliphatic rings. The maximum Gasteiger partial charge on any atom is 0.350 e. The maximum absolute atomic E-state index is 13.5. The van der Waals surface area contributed by atoms with Crippen LogP contribution in [-0.4, -0.2) is 43.6 Å². The monoisotopic (exact) mass is 663 g/mol. The van der Waals surface area contributed by atoms with Gasteiger partial charge in [0.2, 0.25) is 0 Å². The molecule has 2 heterocycles. The number of unbranched alkanes of at least 4 members (excludes halogenated alkanes) is 1. The summed E-state index contributed by atoms with van der Waals surface area (Å²) in [6.45, 7) is 1.27. The van der Waals surface area contributed by atoms with Gasteiger partial charge in [-0.1, -0.05) is 47.5 Å². The second kappa shape index (κ2) is 14.2. The van der Waals surface area contributed by atoms with E-state index in [1.807, 2.05) is 0 Å². The average molecular weight is 665 g/mol. The fraction of sp³-hybridized carbons (Fsp3) is 0.308. The molecule has 3 aromatic rings. The van der Waals surface area contributed by atoms with Crippen LogP contribution in [0.15, 0.2) is 45.6 Å². The average Bonchev–Trinajstić information content (AvgIpc) is 3.26. The van der Waals surface area contributed by atoms with E-state index in [2.05, 4.69) is 9.72 Å². The van der Waals surface area contributed by atoms with Gasteiger partial charge in [0.15, 0.2) is 5.78 Å². The molecule has 11 nitrogen and oxygen atoms in total. The minimum absolute atomic E-state index is 0.0355. The lowest BCUT2D eigenvalue weighted by Crippen LogP contribution is -2.27. The van der Waals surface area contributed by atoms with Crippen LogP contribution in [0.2, 0.25) is 10.2 Å². The highest BCUT2D eigenvalue weighted by molar-refractivity contribution is 7.86. The van der Waals surface area contributed by atoms with Crippen molar-refractivity contribution in [1.82, 2.24) is 4.98 Å². The molecule has 1 aromatic carbocycles. The summed E-state index contributed by atoms with van der Waals surface area (Å²) in [5, 5.41) is 9.96. The van der Waals surface area contributed by atoms with E-state index in [9.17, 15) is 32.3 Å². The van der Waals surface area contributed by atoms with Gasteiger partial charge in [0.1, 0.15) is 39.9 Å². The van der Waals surface area contributed by atoms with Crippen molar-refractivity contribution in [3.63, 3.8) is 0 Å². The number of rotatable bonds is 13. The zero-order valence-electron chi connectivity index (χ0n) is 22.3. The van der Waals surface area contributed by atoms with Crippen molar-refractivity contribution in [3.8, 4) is 16.7 Å². The zero-order valence-corrected chi connectivity index (χ0v) is 25.4. The molecule has 2 atom stereocenters. The second-order valence-electron chi connectivity index (χ2n) is 8.76. The molecular formula is C26H24Cl2FNO10S2. The number of Topliss-reactive ketones (excluding diaryl/α,β-unsaturated/α-hetero) is 1. The third-order valence-corrected chi connectivity index (χ3v) is 7.81. The fourth-order valence-electron chi connectivity index (χ4n) is 3.58. The standard InChI is InChI=1S/C26H24Cl2FNO10S2/c1-13(21(33)20-18(31)12-14(38-25(20)34)7-5-4-6-8-19(32)37-2)22(40-42(3,35)36)23-24(28)30-26(41-23)39-15-9-10-17(29)16(27)11-15/h6,8-13,22,31H,4-5,7H2,1-3H3/b8-6+. The molecule has 2 unspecified atom stereocenters. The number of halogens is 3. The Labute approximate surface area is 253 Å². The molecule has 0 fully saturated rings. The quantitative estimate of drug-likeness (QED) is 0.0794. The fourth-order valence-corrected chi connectivity index (χ4v) is 5.76. The summed E-state index contributed by atoms with van der Waals surface area (Å²) in [6.07, 6.45) is 3.09. The number of ether oxygens (including phenoxy) is 2. The molecule has 0 saturated carbocycles. The van der Waals surface area contributed by atoms with Gasteiger partial charge in [0.05, 0.1) is 29.2 Å². The van der Waals surface area contributed by atoms with Crippen molar-refractivity contribution in [2.24, 2.45) is 5.92 Å². The van der Waals surface area contributed by atoms with Gasteiger partial charge in [-0.2, -0.15) is 13.4 Å². The molecule has 0 aliphatic carbocycles. The van der Waals surface area contributed by atoms with Gasteiger partial charge in [-0.05, 0) is 25.0 Å². The van der Waals surface area contributed by atoms with E-state index in [4.69, 9.17) is 36.5 Å². The Morgan fingerprint density at radius 1 is 1.26 bits per heavy atom.